The number of anilines is 1. The van der Waals surface area contributed by atoms with Crippen LogP contribution in [0.4, 0.5) is 5.82 Å². The first-order chi connectivity index (χ1) is 7.36. The van der Waals surface area contributed by atoms with E-state index >= 15 is 0 Å². The van der Waals surface area contributed by atoms with Crippen LogP contribution in [0.25, 0.3) is 16.9 Å². The molecule has 0 saturated carbocycles. The number of aromatic nitrogens is 4. The van der Waals surface area contributed by atoms with Gasteiger partial charge in [0, 0.05) is 5.38 Å². The average Bonchev–Trinajstić information content (AvgIpc) is 2.85. The smallest absolute Gasteiger partial charge is 0.183 e. The van der Waals surface area contributed by atoms with E-state index in [2.05, 4.69) is 15.0 Å². The quantitative estimate of drug-likeness (QED) is 0.670. The van der Waals surface area contributed by atoms with Crippen molar-refractivity contribution in [3.63, 3.8) is 0 Å². The van der Waals surface area contributed by atoms with E-state index < -0.39 is 0 Å². The SMILES string of the molecule is Nc1ncnc2ncn(-c3ccsc3)c12. The zero-order valence-corrected chi connectivity index (χ0v) is 8.48. The van der Waals surface area contributed by atoms with Crippen molar-refractivity contribution in [2.75, 3.05) is 5.73 Å². The van der Waals surface area contributed by atoms with Gasteiger partial charge in [-0.25, -0.2) is 15.0 Å². The first kappa shape index (κ1) is 8.37. The largest absolute Gasteiger partial charge is 0.382 e. The molecule has 3 heterocycles. The second-order valence-corrected chi connectivity index (χ2v) is 3.81. The van der Waals surface area contributed by atoms with Gasteiger partial charge < -0.3 is 5.73 Å². The topological polar surface area (TPSA) is 69.6 Å². The van der Waals surface area contributed by atoms with Crippen molar-refractivity contribution in [1.29, 1.82) is 0 Å². The lowest BCUT2D eigenvalue weighted by molar-refractivity contribution is 1.10. The molecule has 0 bridgehead atoms. The van der Waals surface area contributed by atoms with Gasteiger partial charge in [-0.3, -0.25) is 4.57 Å². The summed E-state index contributed by atoms with van der Waals surface area (Å²) in [6.45, 7) is 0. The van der Waals surface area contributed by atoms with Crippen molar-refractivity contribution in [3.05, 3.63) is 29.5 Å². The van der Waals surface area contributed by atoms with Crippen LogP contribution in [-0.2, 0) is 0 Å². The molecule has 0 aliphatic heterocycles. The fourth-order valence-electron chi connectivity index (χ4n) is 1.47. The van der Waals surface area contributed by atoms with Gasteiger partial charge in [0.1, 0.15) is 18.2 Å². The molecule has 2 N–H and O–H groups in total. The molecular formula is C9H7N5S. The first-order valence-electron chi connectivity index (χ1n) is 4.32. The van der Waals surface area contributed by atoms with Crippen molar-refractivity contribution in [3.8, 4) is 5.69 Å². The molecule has 0 amide bonds. The molecule has 3 rings (SSSR count). The lowest BCUT2D eigenvalue weighted by atomic mass is 10.4. The fourth-order valence-corrected chi connectivity index (χ4v) is 2.10. The molecule has 0 aliphatic carbocycles. The van der Waals surface area contributed by atoms with Crippen molar-refractivity contribution < 1.29 is 0 Å². The van der Waals surface area contributed by atoms with E-state index in [1.807, 2.05) is 21.4 Å². The van der Waals surface area contributed by atoms with Crippen LogP contribution >= 0.6 is 11.3 Å². The van der Waals surface area contributed by atoms with Crippen LogP contribution in [0.3, 0.4) is 0 Å². The minimum absolute atomic E-state index is 0.448. The number of nitrogens with two attached hydrogens (primary N) is 1. The van der Waals surface area contributed by atoms with Gasteiger partial charge >= 0.3 is 0 Å². The van der Waals surface area contributed by atoms with E-state index in [1.54, 1.807) is 17.7 Å². The molecule has 5 nitrogen and oxygen atoms in total. The molecule has 0 atom stereocenters. The van der Waals surface area contributed by atoms with Gasteiger partial charge in [0.25, 0.3) is 0 Å². The van der Waals surface area contributed by atoms with Crippen molar-refractivity contribution in [2.45, 2.75) is 0 Å². The highest BCUT2D eigenvalue weighted by molar-refractivity contribution is 7.08. The normalized spacial score (nSPS) is 10.9. The third-order valence-corrected chi connectivity index (χ3v) is 2.82. The van der Waals surface area contributed by atoms with Crippen molar-refractivity contribution in [2.24, 2.45) is 0 Å². The maximum Gasteiger partial charge on any atom is 0.183 e. The van der Waals surface area contributed by atoms with Gasteiger partial charge in [-0.15, -0.1) is 0 Å². The summed E-state index contributed by atoms with van der Waals surface area (Å²) in [6.07, 6.45) is 3.13. The zero-order valence-electron chi connectivity index (χ0n) is 7.66. The Kier molecular flexibility index (Phi) is 1.69. The third kappa shape index (κ3) is 1.18. The molecule has 0 spiro atoms. The predicted molar refractivity (Wildman–Crippen MR) is 58.9 cm³/mol. The number of imidazole rings is 1. The maximum absolute atomic E-state index is 5.80. The minimum Gasteiger partial charge on any atom is -0.382 e. The fraction of sp³-hybridized carbons (Fsp3) is 0. The Morgan fingerprint density at radius 1 is 1.27 bits per heavy atom. The van der Waals surface area contributed by atoms with Gasteiger partial charge in [0.15, 0.2) is 11.5 Å². The van der Waals surface area contributed by atoms with E-state index in [9.17, 15) is 0 Å². The van der Waals surface area contributed by atoms with Crippen LogP contribution < -0.4 is 5.73 Å². The number of thiophene rings is 1. The average molecular weight is 217 g/mol. The van der Waals surface area contributed by atoms with Gasteiger partial charge in [-0.05, 0) is 11.4 Å². The summed E-state index contributed by atoms with van der Waals surface area (Å²) in [6, 6.07) is 2.00. The molecule has 15 heavy (non-hydrogen) atoms. The second kappa shape index (κ2) is 3.03. The summed E-state index contributed by atoms with van der Waals surface area (Å²) in [5.41, 5.74) is 8.21. The Bertz CT molecular complexity index is 598. The zero-order chi connectivity index (χ0) is 10.3. The van der Waals surface area contributed by atoms with Crippen LogP contribution in [0.5, 0.6) is 0 Å². The number of nitrogen functional groups attached to an aromatic ring is 1. The van der Waals surface area contributed by atoms with E-state index in [1.165, 1.54) is 6.33 Å². The Labute approximate surface area is 89.2 Å². The Morgan fingerprint density at radius 2 is 2.20 bits per heavy atom. The van der Waals surface area contributed by atoms with Gasteiger partial charge in [-0.1, -0.05) is 0 Å². The number of rotatable bonds is 1. The Morgan fingerprint density at radius 3 is 3.00 bits per heavy atom. The molecule has 74 valence electrons. The molecule has 0 saturated heterocycles. The molecule has 3 aromatic heterocycles. The number of hydrogen-bond donors (Lipinski definition) is 1. The lowest BCUT2D eigenvalue weighted by Gasteiger charge is -2.01. The summed E-state index contributed by atoms with van der Waals surface area (Å²) < 4.78 is 1.89. The van der Waals surface area contributed by atoms with Crippen LogP contribution in [0.15, 0.2) is 29.5 Å². The van der Waals surface area contributed by atoms with Crippen LogP contribution in [0, 0.1) is 0 Å². The molecule has 0 unspecified atom stereocenters. The molecule has 3 aromatic rings. The van der Waals surface area contributed by atoms with Crippen molar-refractivity contribution >= 4 is 28.3 Å². The highest BCUT2D eigenvalue weighted by atomic mass is 32.1. The lowest BCUT2D eigenvalue weighted by Crippen LogP contribution is -1.97. The van der Waals surface area contributed by atoms with Gasteiger partial charge in [0.05, 0.1) is 5.69 Å². The summed E-state index contributed by atoms with van der Waals surface area (Å²) in [5.74, 6) is 0.448. The highest BCUT2D eigenvalue weighted by Crippen LogP contribution is 2.21. The standard InChI is InChI=1S/C9H7N5S/c10-8-7-9(12-4-11-8)13-5-14(7)6-1-2-15-3-6/h1-5H,(H2,10,11,12). The van der Waals surface area contributed by atoms with E-state index in [0.717, 1.165) is 11.2 Å². The number of nitrogens with zero attached hydrogens (tertiary/aromatic N) is 4. The molecule has 0 fully saturated rings. The molecule has 6 heteroatoms. The summed E-state index contributed by atoms with van der Waals surface area (Å²) in [7, 11) is 0. The molecule has 0 aromatic carbocycles. The summed E-state index contributed by atoms with van der Waals surface area (Å²) in [5, 5.41) is 4.02. The maximum atomic E-state index is 5.80. The molecule has 0 aliphatic rings. The number of fused-ring (bicyclic) bond motifs is 1. The van der Waals surface area contributed by atoms with Gasteiger partial charge in [-0.2, -0.15) is 11.3 Å². The number of hydrogen-bond acceptors (Lipinski definition) is 5. The Balaban J connectivity index is 2.37. The highest BCUT2D eigenvalue weighted by Gasteiger charge is 2.09. The van der Waals surface area contributed by atoms with Crippen LogP contribution in [-0.4, -0.2) is 19.5 Å². The van der Waals surface area contributed by atoms with Crippen molar-refractivity contribution in [1.82, 2.24) is 19.5 Å². The van der Waals surface area contributed by atoms with E-state index in [4.69, 9.17) is 5.73 Å². The third-order valence-electron chi connectivity index (χ3n) is 2.15. The summed E-state index contributed by atoms with van der Waals surface area (Å²) in [4.78, 5) is 12.2. The first-order valence-corrected chi connectivity index (χ1v) is 5.26. The van der Waals surface area contributed by atoms with Crippen LogP contribution in [0.1, 0.15) is 0 Å². The molecular weight excluding hydrogens is 210 g/mol. The van der Waals surface area contributed by atoms with Crippen LogP contribution in [0.2, 0.25) is 0 Å². The van der Waals surface area contributed by atoms with E-state index in [0.29, 0.717) is 11.5 Å². The Hall–Kier alpha value is -1.95. The summed E-state index contributed by atoms with van der Waals surface area (Å²) >= 11 is 1.62. The van der Waals surface area contributed by atoms with E-state index in [-0.39, 0.29) is 0 Å². The second-order valence-electron chi connectivity index (χ2n) is 3.03. The minimum atomic E-state index is 0.448. The molecule has 0 radical (unpaired) electrons. The van der Waals surface area contributed by atoms with Gasteiger partial charge in [0.2, 0.25) is 0 Å². The predicted octanol–water partition coefficient (Wildman–Crippen LogP) is 1.46. The monoisotopic (exact) mass is 217 g/mol.